The summed E-state index contributed by atoms with van der Waals surface area (Å²) in [6.45, 7) is 7.76. The van der Waals surface area contributed by atoms with Crippen molar-refractivity contribution in [1.29, 1.82) is 0 Å². The van der Waals surface area contributed by atoms with E-state index in [4.69, 9.17) is 4.74 Å². The summed E-state index contributed by atoms with van der Waals surface area (Å²) in [5.41, 5.74) is 2.72. The fourth-order valence-corrected chi connectivity index (χ4v) is 4.47. The number of methoxy groups -OCH3 is 1. The van der Waals surface area contributed by atoms with Gasteiger partial charge in [-0.3, -0.25) is 14.7 Å². The molecule has 2 fully saturated rings. The SMILES string of the molecule is CCc1ccc(CN2CCC[C@]3(CCC(=O)N(CCCOC)C3)C2)nc1. The van der Waals surface area contributed by atoms with Crippen molar-refractivity contribution in [3.63, 3.8) is 0 Å². The highest BCUT2D eigenvalue weighted by atomic mass is 16.5. The molecular weight excluding hydrogens is 326 g/mol. The van der Waals surface area contributed by atoms with Crippen LogP contribution in [0.1, 0.15) is 50.3 Å². The van der Waals surface area contributed by atoms with Gasteiger partial charge in [0, 0.05) is 57.9 Å². The van der Waals surface area contributed by atoms with Crippen LogP contribution in [0, 0.1) is 5.41 Å². The summed E-state index contributed by atoms with van der Waals surface area (Å²) in [6, 6.07) is 4.36. The van der Waals surface area contributed by atoms with Crippen LogP contribution in [0.15, 0.2) is 18.3 Å². The third-order valence-electron chi connectivity index (χ3n) is 5.94. The minimum absolute atomic E-state index is 0.266. The predicted molar refractivity (Wildman–Crippen MR) is 103 cm³/mol. The van der Waals surface area contributed by atoms with Gasteiger partial charge >= 0.3 is 0 Å². The van der Waals surface area contributed by atoms with Gasteiger partial charge in [-0.2, -0.15) is 0 Å². The number of rotatable bonds is 7. The quantitative estimate of drug-likeness (QED) is 0.702. The van der Waals surface area contributed by atoms with Crippen LogP contribution in [0.25, 0.3) is 0 Å². The number of carbonyl (C=O) groups is 1. The maximum absolute atomic E-state index is 12.3. The van der Waals surface area contributed by atoms with Crippen LogP contribution in [-0.2, 0) is 22.5 Å². The van der Waals surface area contributed by atoms with Crippen molar-refractivity contribution in [2.75, 3.05) is 39.9 Å². The topological polar surface area (TPSA) is 45.7 Å². The molecule has 0 saturated carbocycles. The van der Waals surface area contributed by atoms with Crippen LogP contribution in [-0.4, -0.2) is 60.6 Å². The van der Waals surface area contributed by atoms with Crippen molar-refractivity contribution in [1.82, 2.24) is 14.8 Å². The van der Waals surface area contributed by atoms with E-state index in [0.29, 0.717) is 12.3 Å². The van der Waals surface area contributed by atoms with Gasteiger partial charge in [0.05, 0.1) is 5.69 Å². The highest BCUT2D eigenvalue weighted by molar-refractivity contribution is 5.77. The number of piperidine rings is 2. The summed E-state index contributed by atoms with van der Waals surface area (Å²) >= 11 is 0. The van der Waals surface area contributed by atoms with Crippen molar-refractivity contribution in [3.05, 3.63) is 29.6 Å². The number of likely N-dealkylation sites (tertiary alicyclic amines) is 2. The lowest BCUT2D eigenvalue weighted by molar-refractivity contribution is -0.139. The van der Waals surface area contributed by atoms with Gasteiger partial charge in [0.1, 0.15) is 0 Å². The number of hydrogen-bond donors (Lipinski definition) is 0. The number of ether oxygens (including phenoxy) is 1. The van der Waals surface area contributed by atoms with E-state index in [1.807, 2.05) is 6.20 Å². The molecule has 0 N–H and O–H groups in total. The fourth-order valence-electron chi connectivity index (χ4n) is 4.47. The summed E-state index contributed by atoms with van der Waals surface area (Å²) < 4.78 is 5.15. The van der Waals surface area contributed by atoms with Crippen molar-refractivity contribution >= 4 is 5.91 Å². The molecule has 1 spiro atoms. The van der Waals surface area contributed by atoms with Gasteiger partial charge in [-0.25, -0.2) is 0 Å². The second-order valence-corrected chi connectivity index (χ2v) is 7.99. The van der Waals surface area contributed by atoms with Gasteiger partial charge < -0.3 is 9.64 Å². The molecule has 0 bridgehead atoms. The van der Waals surface area contributed by atoms with Crippen LogP contribution < -0.4 is 0 Å². The molecule has 1 amide bonds. The number of nitrogens with zero attached hydrogens (tertiary/aromatic N) is 3. The summed E-state index contributed by atoms with van der Waals surface area (Å²) in [5, 5.41) is 0. The van der Waals surface area contributed by atoms with Crippen molar-refractivity contribution < 1.29 is 9.53 Å². The molecule has 0 aromatic carbocycles. The second-order valence-electron chi connectivity index (χ2n) is 7.99. The van der Waals surface area contributed by atoms with E-state index in [9.17, 15) is 4.79 Å². The normalized spacial score (nSPS) is 24.4. The number of amides is 1. The Labute approximate surface area is 157 Å². The number of pyridine rings is 1. The number of aryl methyl sites for hydroxylation is 1. The maximum atomic E-state index is 12.3. The first-order valence-corrected chi connectivity index (χ1v) is 10.1. The third kappa shape index (κ3) is 4.83. The van der Waals surface area contributed by atoms with Crippen LogP contribution in [0.2, 0.25) is 0 Å². The molecule has 2 aliphatic rings. The summed E-state index contributed by atoms with van der Waals surface area (Å²) in [6.07, 6.45) is 8.15. The summed E-state index contributed by atoms with van der Waals surface area (Å²) in [7, 11) is 1.72. The highest BCUT2D eigenvalue weighted by Crippen LogP contribution is 2.39. The Hall–Kier alpha value is -1.46. The maximum Gasteiger partial charge on any atom is 0.222 e. The van der Waals surface area contributed by atoms with Gasteiger partial charge in [0.25, 0.3) is 0 Å². The zero-order chi connectivity index (χ0) is 18.4. The lowest BCUT2D eigenvalue weighted by Crippen LogP contribution is -2.54. The first-order chi connectivity index (χ1) is 12.6. The van der Waals surface area contributed by atoms with Crippen LogP contribution >= 0.6 is 0 Å². The zero-order valence-electron chi connectivity index (χ0n) is 16.4. The molecule has 1 aromatic rings. The number of hydrogen-bond acceptors (Lipinski definition) is 4. The number of aromatic nitrogens is 1. The van der Waals surface area contributed by atoms with E-state index >= 15 is 0 Å². The van der Waals surface area contributed by atoms with Crippen LogP contribution in [0.4, 0.5) is 0 Å². The molecular formula is C21H33N3O2. The smallest absolute Gasteiger partial charge is 0.222 e. The molecule has 1 atom stereocenters. The molecule has 144 valence electrons. The highest BCUT2D eigenvalue weighted by Gasteiger charge is 2.41. The minimum atomic E-state index is 0.266. The molecule has 0 aliphatic carbocycles. The minimum Gasteiger partial charge on any atom is -0.385 e. The van der Waals surface area contributed by atoms with E-state index < -0.39 is 0 Å². The molecule has 3 rings (SSSR count). The molecule has 5 nitrogen and oxygen atoms in total. The van der Waals surface area contributed by atoms with E-state index in [2.05, 4.69) is 33.8 Å². The molecule has 2 saturated heterocycles. The van der Waals surface area contributed by atoms with Crippen molar-refractivity contribution in [3.8, 4) is 0 Å². The van der Waals surface area contributed by atoms with Gasteiger partial charge in [-0.1, -0.05) is 13.0 Å². The Bertz CT molecular complexity index is 589. The van der Waals surface area contributed by atoms with Crippen LogP contribution in [0.3, 0.4) is 0 Å². The fraction of sp³-hybridized carbons (Fsp3) is 0.714. The molecule has 2 aliphatic heterocycles. The van der Waals surface area contributed by atoms with Gasteiger partial charge in [-0.15, -0.1) is 0 Å². The third-order valence-corrected chi connectivity index (χ3v) is 5.94. The first-order valence-electron chi connectivity index (χ1n) is 10.1. The van der Waals surface area contributed by atoms with Crippen molar-refractivity contribution in [2.24, 2.45) is 5.41 Å². The predicted octanol–water partition coefficient (Wildman–Crippen LogP) is 2.89. The molecule has 5 heteroatoms. The van der Waals surface area contributed by atoms with Crippen LogP contribution in [0.5, 0.6) is 0 Å². The molecule has 0 radical (unpaired) electrons. The molecule has 26 heavy (non-hydrogen) atoms. The molecule has 3 heterocycles. The zero-order valence-corrected chi connectivity index (χ0v) is 16.4. The lowest BCUT2D eigenvalue weighted by Gasteiger charge is -2.48. The van der Waals surface area contributed by atoms with E-state index in [1.54, 1.807) is 7.11 Å². The van der Waals surface area contributed by atoms with Gasteiger partial charge in [0.15, 0.2) is 0 Å². The average molecular weight is 360 g/mol. The standard InChI is InChI=1S/C21H33N3O2/c1-3-18-6-7-19(22-14-18)15-23-11-4-9-21(16-23)10-8-20(25)24(17-21)12-5-13-26-2/h6-7,14H,3-5,8-13,15-17H2,1-2H3/t21-/m0/s1. The molecule has 0 unspecified atom stereocenters. The first kappa shape index (κ1) is 19.3. The summed E-state index contributed by atoms with van der Waals surface area (Å²) in [5.74, 6) is 0.320. The van der Waals surface area contributed by atoms with E-state index in [1.165, 1.54) is 18.4 Å². The van der Waals surface area contributed by atoms with Gasteiger partial charge in [-0.05, 0) is 50.3 Å². The number of carbonyl (C=O) groups excluding carboxylic acids is 1. The van der Waals surface area contributed by atoms with E-state index in [-0.39, 0.29) is 5.41 Å². The monoisotopic (exact) mass is 359 g/mol. The average Bonchev–Trinajstić information content (AvgIpc) is 2.66. The molecule has 1 aromatic heterocycles. The van der Waals surface area contributed by atoms with Crippen molar-refractivity contribution in [2.45, 2.75) is 52.0 Å². The Morgan fingerprint density at radius 2 is 2.15 bits per heavy atom. The largest absolute Gasteiger partial charge is 0.385 e. The van der Waals surface area contributed by atoms with Gasteiger partial charge in [0.2, 0.25) is 5.91 Å². The van der Waals surface area contributed by atoms with E-state index in [0.717, 1.165) is 64.3 Å². The Kier molecular flexibility index (Phi) is 6.65. The summed E-state index contributed by atoms with van der Waals surface area (Å²) in [4.78, 5) is 21.6. The Balaban J connectivity index is 1.59. The Morgan fingerprint density at radius 3 is 2.88 bits per heavy atom. The Morgan fingerprint density at radius 1 is 1.27 bits per heavy atom. The second kappa shape index (κ2) is 8.96. The lowest BCUT2D eigenvalue weighted by atomic mass is 9.73.